The van der Waals surface area contributed by atoms with Crippen molar-refractivity contribution in [2.75, 3.05) is 0 Å². The molecular formula is C8H7NO3S. The molecule has 1 amide bonds. The van der Waals surface area contributed by atoms with Gasteiger partial charge in [-0.1, -0.05) is 24.4 Å². The molecule has 0 aromatic rings. The highest BCUT2D eigenvalue weighted by Gasteiger charge is 2.47. The molecule has 2 aliphatic heterocycles. The molecule has 0 aliphatic carbocycles. The molecule has 0 aromatic carbocycles. The Morgan fingerprint density at radius 1 is 1.77 bits per heavy atom. The SMILES string of the molecule is C=CC1=C(C(=O)O)N2C(=O)C[C@H]2S1. The average molecular weight is 197 g/mol. The maximum absolute atomic E-state index is 11.1. The number of rotatable bonds is 2. The Morgan fingerprint density at radius 3 is 2.92 bits per heavy atom. The number of aliphatic carboxylic acids is 1. The Hall–Kier alpha value is -1.23. The van der Waals surface area contributed by atoms with Gasteiger partial charge in [-0.05, 0) is 0 Å². The van der Waals surface area contributed by atoms with E-state index in [1.807, 2.05) is 0 Å². The molecule has 2 heterocycles. The largest absolute Gasteiger partial charge is 0.477 e. The fraction of sp³-hybridized carbons (Fsp3) is 0.250. The van der Waals surface area contributed by atoms with Gasteiger partial charge in [-0.25, -0.2) is 4.79 Å². The van der Waals surface area contributed by atoms with Crippen LogP contribution in [0.25, 0.3) is 0 Å². The second-order valence-corrected chi connectivity index (χ2v) is 3.98. The van der Waals surface area contributed by atoms with E-state index in [1.165, 1.54) is 22.7 Å². The molecule has 4 nitrogen and oxygen atoms in total. The summed E-state index contributed by atoms with van der Waals surface area (Å²) in [6.07, 6.45) is 1.92. The fourth-order valence-corrected chi connectivity index (χ4v) is 2.67. The molecule has 5 heteroatoms. The predicted octanol–water partition coefficient (Wildman–Crippen LogP) is 0.774. The number of thioether (sulfide) groups is 1. The average Bonchev–Trinajstić information content (AvgIpc) is 2.37. The maximum Gasteiger partial charge on any atom is 0.353 e. The summed E-state index contributed by atoms with van der Waals surface area (Å²) in [7, 11) is 0. The first-order chi connectivity index (χ1) is 6.15. The number of amides is 1. The van der Waals surface area contributed by atoms with Crippen molar-refractivity contribution in [2.45, 2.75) is 11.8 Å². The lowest BCUT2D eigenvalue weighted by atomic mass is 10.1. The van der Waals surface area contributed by atoms with Crippen LogP contribution in [0.2, 0.25) is 0 Å². The van der Waals surface area contributed by atoms with Gasteiger partial charge in [0.1, 0.15) is 5.70 Å². The molecule has 0 unspecified atom stereocenters. The van der Waals surface area contributed by atoms with Gasteiger partial charge in [0.15, 0.2) is 0 Å². The smallest absolute Gasteiger partial charge is 0.353 e. The van der Waals surface area contributed by atoms with E-state index in [4.69, 9.17) is 5.11 Å². The molecular weight excluding hydrogens is 190 g/mol. The van der Waals surface area contributed by atoms with E-state index in [-0.39, 0.29) is 17.0 Å². The Balaban J connectivity index is 2.40. The molecule has 1 fully saturated rings. The van der Waals surface area contributed by atoms with Crippen LogP contribution in [-0.4, -0.2) is 27.3 Å². The van der Waals surface area contributed by atoms with Crippen LogP contribution in [0.4, 0.5) is 0 Å². The van der Waals surface area contributed by atoms with Crippen LogP contribution in [0.1, 0.15) is 6.42 Å². The summed E-state index contributed by atoms with van der Waals surface area (Å²) in [5.74, 6) is -1.18. The Labute approximate surface area is 78.9 Å². The van der Waals surface area contributed by atoms with Gasteiger partial charge in [-0.3, -0.25) is 9.69 Å². The summed E-state index contributed by atoms with van der Waals surface area (Å²) >= 11 is 1.39. The van der Waals surface area contributed by atoms with Crippen LogP contribution in [-0.2, 0) is 9.59 Å². The second kappa shape index (κ2) is 2.63. The lowest BCUT2D eigenvalue weighted by Gasteiger charge is -2.33. The van der Waals surface area contributed by atoms with Gasteiger partial charge in [0.25, 0.3) is 0 Å². The van der Waals surface area contributed by atoms with Crippen LogP contribution in [0, 0.1) is 0 Å². The number of carbonyl (C=O) groups excluding carboxylic acids is 1. The highest BCUT2D eigenvalue weighted by molar-refractivity contribution is 8.04. The van der Waals surface area contributed by atoms with Gasteiger partial charge < -0.3 is 5.11 Å². The first-order valence-electron chi connectivity index (χ1n) is 3.74. The van der Waals surface area contributed by atoms with Gasteiger partial charge in [-0.15, -0.1) is 0 Å². The number of hydrogen-bond donors (Lipinski definition) is 1. The molecule has 2 rings (SSSR count). The zero-order valence-electron chi connectivity index (χ0n) is 6.69. The second-order valence-electron chi connectivity index (χ2n) is 2.76. The van der Waals surface area contributed by atoms with Crippen molar-refractivity contribution in [3.63, 3.8) is 0 Å². The molecule has 0 saturated carbocycles. The van der Waals surface area contributed by atoms with Crippen molar-refractivity contribution < 1.29 is 14.7 Å². The van der Waals surface area contributed by atoms with Crippen LogP contribution < -0.4 is 0 Å². The number of β-lactam (4-membered cyclic amide) rings is 1. The van der Waals surface area contributed by atoms with Gasteiger partial charge in [-0.2, -0.15) is 0 Å². The molecule has 0 aromatic heterocycles. The van der Waals surface area contributed by atoms with Crippen LogP contribution >= 0.6 is 11.8 Å². The molecule has 1 saturated heterocycles. The Bertz CT molecular complexity index is 347. The minimum Gasteiger partial charge on any atom is -0.477 e. The summed E-state index contributed by atoms with van der Waals surface area (Å²) in [6.45, 7) is 3.52. The predicted molar refractivity (Wildman–Crippen MR) is 47.7 cm³/mol. The molecule has 2 aliphatic rings. The number of allylic oxidation sites excluding steroid dienone is 1. The van der Waals surface area contributed by atoms with Gasteiger partial charge in [0, 0.05) is 4.91 Å². The first kappa shape index (κ1) is 8.37. The zero-order valence-corrected chi connectivity index (χ0v) is 7.50. The topological polar surface area (TPSA) is 57.6 Å². The summed E-state index contributed by atoms with van der Waals surface area (Å²) in [4.78, 5) is 23.8. The summed E-state index contributed by atoms with van der Waals surface area (Å²) < 4.78 is 0. The highest BCUT2D eigenvalue weighted by Crippen LogP contribution is 2.46. The Morgan fingerprint density at radius 2 is 2.46 bits per heavy atom. The number of carboxylic acids is 1. The van der Waals surface area contributed by atoms with Crippen molar-refractivity contribution in [2.24, 2.45) is 0 Å². The third kappa shape index (κ3) is 1.00. The third-order valence-corrected chi connectivity index (χ3v) is 3.29. The minimum atomic E-state index is -1.06. The van der Waals surface area contributed by atoms with Crippen molar-refractivity contribution in [3.8, 4) is 0 Å². The maximum atomic E-state index is 11.1. The lowest BCUT2D eigenvalue weighted by Crippen LogP contribution is -2.48. The van der Waals surface area contributed by atoms with E-state index < -0.39 is 5.97 Å². The molecule has 1 atom stereocenters. The van der Waals surface area contributed by atoms with Crippen molar-refractivity contribution >= 4 is 23.6 Å². The highest BCUT2D eigenvalue weighted by atomic mass is 32.2. The van der Waals surface area contributed by atoms with Gasteiger partial charge in [0.05, 0.1) is 11.8 Å². The number of carboxylic acid groups (broad SMARTS) is 1. The number of nitrogens with zero attached hydrogens (tertiary/aromatic N) is 1. The van der Waals surface area contributed by atoms with Crippen LogP contribution in [0.3, 0.4) is 0 Å². The first-order valence-corrected chi connectivity index (χ1v) is 4.62. The number of carbonyl (C=O) groups is 2. The van der Waals surface area contributed by atoms with E-state index in [2.05, 4.69) is 6.58 Å². The van der Waals surface area contributed by atoms with E-state index in [0.717, 1.165) is 0 Å². The number of hydrogen-bond acceptors (Lipinski definition) is 3. The molecule has 0 bridgehead atoms. The quantitative estimate of drug-likeness (QED) is 0.664. The van der Waals surface area contributed by atoms with Crippen molar-refractivity contribution in [1.82, 2.24) is 4.90 Å². The van der Waals surface area contributed by atoms with Crippen molar-refractivity contribution in [3.05, 3.63) is 23.3 Å². The Kier molecular flexibility index (Phi) is 1.69. The molecule has 0 spiro atoms. The van der Waals surface area contributed by atoms with Crippen LogP contribution in [0.15, 0.2) is 23.3 Å². The van der Waals surface area contributed by atoms with Crippen LogP contribution in [0.5, 0.6) is 0 Å². The van der Waals surface area contributed by atoms with Crippen molar-refractivity contribution in [1.29, 1.82) is 0 Å². The monoisotopic (exact) mass is 197 g/mol. The normalized spacial score (nSPS) is 25.7. The molecule has 68 valence electrons. The molecule has 0 radical (unpaired) electrons. The van der Waals surface area contributed by atoms with E-state index in [1.54, 1.807) is 0 Å². The molecule has 1 N–H and O–H groups in total. The summed E-state index contributed by atoms with van der Waals surface area (Å²) in [5, 5.41) is 8.83. The molecule has 13 heavy (non-hydrogen) atoms. The fourth-order valence-electron chi connectivity index (χ4n) is 1.42. The standard InChI is InChI=1S/C8H7NO3S/c1-2-4-7(8(11)12)9-5(10)3-6(9)13-4/h2,6H,1,3H2,(H,11,12)/t6-/m1/s1. The van der Waals surface area contributed by atoms with E-state index in [9.17, 15) is 9.59 Å². The summed E-state index contributed by atoms with van der Waals surface area (Å²) in [6, 6.07) is 0. The van der Waals surface area contributed by atoms with E-state index >= 15 is 0 Å². The minimum absolute atomic E-state index is 0.00778. The van der Waals surface area contributed by atoms with E-state index in [0.29, 0.717) is 11.3 Å². The summed E-state index contributed by atoms with van der Waals surface area (Å²) in [5.41, 5.74) is 0.0845. The number of fused-ring (bicyclic) bond motifs is 1. The van der Waals surface area contributed by atoms with Gasteiger partial charge in [0.2, 0.25) is 5.91 Å². The lowest BCUT2D eigenvalue weighted by molar-refractivity contribution is -0.145. The third-order valence-electron chi connectivity index (χ3n) is 2.03. The van der Waals surface area contributed by atoms with Gasteiger partial charge >= 0.3 is 5.97 Å². The zero-order chi connectivity index (χ0) is 9.59.